The van der Waals surface area contributed by atoms with Gasteiger partial charge in [0.15, 0.2) is 0 Å². The molecule has 2 atom stereocenters. The van der Waals surface area contributed by atoms with Crippen LogP contribution in [0.1, 0.15) is 0 Å². The predicted molar refractivity (Wildman–Crippen MR) is 26.5 cm³/mol. The minimum absolute atomic E-state index is 3.30. The maximum absolute atomic E-state index is 11.9. The van der Waals surface area contributed by atoms with Gasteiger partial charge in [-0.05, 0) is 0 Å². The van der Waals surface area contributed by atoms with E-state index in [0.29, 0.717) is 0 Å². The second-order valence-electron chi connectivity index (χ2n) is 1.42. The van der Waals surface area contributed by atoms with Crippen molar-refractivity contribution in [2.75, 3.05) is 0 Å². The van der Waals surface area contributed by atoms with Crippen molar-refractivity contribution < 1.29 is 22.0 Å². The molecule has 0 amide bonds. The van der Waals surface area contributed by atoms with Gasteiger partial charge in [0, 0.05) is 0 Å². The summed E-state index contributed by atoms with van der Waals surface area (Å²) >= 11 is 8.21. The van der Waals surface area contributed by atoms with Crippen LogP contribution in [0.25, 0.3) is 0 Å². The van der Waals surface area contributed by atoms with Crippen LogP contribution in [0.5, 0.6) is 0 Å². The first kappa shape index (κ1) is 10.2. The highest BCUT2D eigenvalue weighted by atomic mass is 35.5. The summed E-state index contributed by atoms with van der Waals surface area (Å²) in [5, 5.41) is -4.49. The molecule has 10 heavy (non-hydrogen) atoms. The Bertz CT molecular complexity index is 117. The average Bonchev–Trinajstić information content (AvgIpc) is 1.62. The number of rotatable bonds is 1. The van der Waals surface area contributed by atoms with Gasteiger partial charge in [0.05, 0.1) is 0 Å². The lowest BCUT2D eigenvalue weighted by molar-refractivity contribution is -0.206. The van der Waals surface area contributed by atoms with E-state index in [1.54, 1.807) is 0 Å². The van der Waals surface area contributed by atoms with Gasteiger partial charge in [-0.25, -0.2) is 8.78 Å². The Hall–Kier alpha value is 0.230. The molecule has 0 spiro atoms. The van der Waals surface area contributed by atoms with Crippen LogP contribution in [0.4, 0.5) is 22.0 Å². The van der Waals surface area contributed by atoms with Crippen LogP contribution < -0.4 is 0 Å². The minimum atomic E-state index is -5.49. The third kappa shape index (κ3) is 1.85. The molecule has 0 nitrogen and oxygen atoms in total. The number of alkyl halides is 7. The Morgan fingerprint density at radius 1 is 1.10 bits per heavy atom. The summed E-state index contributed by atoms with van der Waals surface area (Å²) in [6.45, 7) is 0. The van der Waals surface area contributed by atoms with Crippen LogP contribution in [0, 0.1) is 0 Å². The lowest BCUT2D eigenvalue weighted by Crippen LogP contribution is -2.41. The van der Waals surface area contributed by atoms with Crippen LogP contribution in [-0.2, 0) is 0 Å². The van der Waals surface area contributed by atoms with Gasteiger partial charge in [-0.2, -0.15) is 13.2 Å². The van der Waals surface area contributed by atoms with Crippen molar-refractivity contribution in [3.8, 4) is 0 Å². The third-order valence-corrected chi connectivity index (χ3v) is 1.47. The Morgan fingerprint density at radius 2 is 1.40 bits per heavy atom. The summed E-state index contributed by atoms with van der Waals surface area (Å²) in [4.78, 5) is 0. The highest BCUT2D eigenvalue weighted by Gasteiger charge is 2.60. The molecule has 0 radical (unpaired) electrons. The first-order chi connectivity index (χ1) is 4.19. The number of halogens is 7. The van der Waals surface area contributed by atoms with Gasteiger partial charge in [0.1, 0.15) is 0 Å². The molecule has 0 aliphatic rings. The van der Waals surface area contributed by atoms with E-state index in [9.17, 15) is 22.0 Å². The van der Waals surface area contributed by atoms with Crippen molar-refractivity contribution in [3.05, 3.63) is 0 Å². The maximum atomic E-state index is 11.9. The predicted octanol–water partition coefficient (Wildman–Crippen LogP) is 2.99. The normalized spacial score (nSPS) is 21.9. The molecule has 0 fully saturated rings. The fourth-order valence-electron chi connectivity index (χ4n) is 0.124. The molecule has 0 rings (SSSR count). The summed E-state index contributed by atoms with van der Waals surface area (Å²) in [7, 11) is 0. The van der Waals surface area contributed by atoms with E-state index in [4.69, 9.17) is 0 Å². The van der Waals surface area contributed by atoms with Gasteiger partial charge in [-0.1, -0.05) is 23.2 Å². The van der Waals surface area contributed by atoms with Crippen LogP contribution in [0.15, 0.2) is 0 Å². The van der Waals surface area contributed by atoms with Crippen LogP contribution in [0.3, 0.4) is 0 Å². The second-order valence-corrected chi connectivity index (χ2v) is 2.35. The molecular weight excluding hydrogens is 202 g/mol. The molecule has 0 saturated carbocycles. The van der Waals surface area contributed by atoms with Crippen molar-refractivity contribution in [2.24, 2.45) is 0 Å². The van der Waals surface area contributed by atoms with E-state index in [1.807, 2.05) is 0 Å². The second kappa shape index (κ2) is 2.70. The molecule has 0 aromatic carbocycles. The Balaban J connectivity index is 4.40. The fourth-order valence-corrected chi connectivity index (χ4v) is 0.247. The third-order valence-electron chi connectivity index (χ3n) is 0.652. The van der Waals surface area contributed by atoms with Gasteiger partial charge < -0.3 is 0 Å². The first-order valence-corrected chi connectivity index (χ1v) is 2.73. The molecule has 0 aliphatic heterocycles. The number of hydrogen-bond acceptors (Lipinski definition) is 0. The lowest BCUT2D eigenvalue weighted by atomic mass is 10.4. The van der Waals surface area contributed by atoms with Crippen molar-refractivity contribution in [3.63, 3.8) is 0 Å². The molecule has 0 aromatic heterocycles. The Kier molecular flexibility index (Phi) is 2.76. The molecule has 0 aromatic rings. The SMILES string of the molecule is F[C@@H](Cl)[C@](F)(Cl)C(F)(F)F. The summed E-state index contributed by atoms with van der Waals surface area (Å²) in [5.41, 5.74) is -3.30. The van der Waals surface area contributed by atoms with Crippen molar-refractivity contribution in [1.29, 1.82) is 0 Å². The quantitative estimate of drug-likeness (QED) is 0.453. The highest BCUT2D eigenvalue weighted by Crippen LogP contribution is 2.42. The van der Waals surface area contributed by atoms with Crippen molar-refractivity contribution >= 4 is 23.2 Å². The Morgan fingerprint density at radius 3 is 1.40 bits per heavy atom. The monoisotopic (exact) mass is 202 g/mol. The van der Waals surface area contributed by atoms with Crippen LogP contribution in [0.2, 0.25) is 0 Å². The average molecular weight is 203 g/mol. The smallest absolute Gasteiger partial charge is 0.225 e. The molecule has 0 bridgehead atoms. The molecule has 62 valence electrons. The van der Waals surface area contributed by atoms with Crippen molar-refractivity contribution in [2.45, 2.75) is 16.9 Å². The van der Waals surface area contributed by atoms with Gasteiger partial charge >= 0.3 is 11.3 Å². The molecule has 0 N–H and O–H groups in total. The standard InChI is InChI=1S/C3HCl2F5/c4-1(6)2(5,7)3(8,9)10/h1H/t1-,2-/m1/s1. The summed E-state index contributed by atoms with van der Waals surface area (Å²) in [6, 6.07) is 0. The van der Waals surface area contributed by atoms with E-state index < -0.39 is 16.9 Å². The zero-order valence-corrected chi connectivity index (χ0v) is 5.73. The molecular formula is C3HCl2F5. The van der Waals surface area contributed by atoms with E-state index in [-0.39, 0.29) is 0 Å². The van der Waals surface area contributed by atoms with E-state index in [1.165, 1.54) is 0 Å². The van der Waals surface area contributed by atoms with Gasteiger partial charge in [-0.3, -0.25) is 0 Å². The van der Waals surface area contributed by atoms with Gasteiger partial charge in [0.2, 0.25) is 5.63 Å². The van der Waals surface area contributed by atoms with Gasteiger partial charge in [-0.15, -0.1) is 0 Å². The molecule has 0 saturated heterocycles. The zero-order valence-electron chi connectivity index (χ0n) is 4.22. The Labute approximate surface area is 62.9 Å². The molecule has 0 unspecified atom stereocenters. The van der Waals surface area contributed by atoms with Crippen LogP contribution >= 0.6 is 23.2 Å². The van der Waals surface area contributed by atoms with E-state index >= 15 is 0 Å². The maximum Gasteiger partial charge on any atom is 0.441 e. The molecule has 0 heterocycles. The van der Waals surface area contributed by atoms with E-state index in [2.05, 4.69) is 23.2 Å². The minimum Gasteiger partial charge on any atom is -0.225 e. The topological polar surface area (TPSA) is 0 Å². The van der Waals surface area contributed by atoms with Crippen LogP contribution in [-0.4, -0.2) is 16.9 Å². The number of hydrogen-bond donors (Lipinski definition) is 0. The molecule has 7 heteroatoms. The zero-order chi connectivity index (χ0) is 8.58. The summed E-state index contributed by atoms with van der Waals surface area (Å²) in [6.07, 6.45) is -5.49. The first-order valence-electron chi connectivity index (χ1n) is 1.92. The summed E-state index contributed by atoms with van der Waals surface area (Å²) < 4.78 is 57.1. The van der Waals surface area contributed by atoms with Gasteiger partial charge in [0.25, 0.3) is 0 Å². The van der Waals surface area contributed by atoms with E-state index in [0.717, 1.165) is 0 Å². The molecule has 0 aliphatic carbocycles. The van der Waals surface area contributed by atoms with Crippen molar-refractivity contribution in [1.82, 2.24) is 0 Å². The summed E-state index contributed by atoms with van der Waals surface area (Å²) in [5.74, 6) is 0. The fraction of sp³-hybridized carbons (Fsp3) is 1.00. The lowest BCUT2D eigenvalue weighted by Gasteiger charge is -2.20. The largest absolute Gasteiger partial charge is 0.441 e. The highest BCUT2D eigenvalue weighted by molar-refractivity contribution is 6.31.